The number of aliphatic hydroxyl groups is 1. The van der Waals surface area contributed by atoms with Gasteiger partial charge in [0.15, 0.2) is 0 Å². The average molecular weight is 175 g/mol. The van der Waals surface area contributed by atoms with Crippen LogP contribution in [-0.2, 0) is 0 Å². The predicted molar refractivity (Wildman–Crippen MR) is 46.6 cm³/mol. The molecule has 0 aliphatic rings. The maximum atomic E-state index is 10.2. The van der Waals surface area contributed by atoms with E-state index in [2.05, 4.69) is 6.92 Å². The van der Waals surface area contributed by atoms with Gasteiger partial charge in [0, 0.05) is 11.8 Å². The van der Waals surface area contributed by atoms with E-state index >= 15 is 0 Å². The summed E-state index contributed by atoms with van der Waals surface area (Å²) in [6, 6.07) is -0.832. The maximum absolute atomic E-state index is 10.2. The fraction of sp³-hybridized carbons (Fsp3) is 1.00. The van der Waals surface area contributed by atoms with E-state index < -0.39 is 17.1 Å². The molecule has 0 aliphatic heterocycles. The Bertz CT molecular complexity index is 138. The van der Waals surface area contributed by atoms with E-state index in [-0.39, 0.29) is 0 Å². The largest absolute Gasteiger partial charge is 0.386 e. The minimum atomic E-state index is -0.832. The first-order chi connectivity index (χ1) is 5.59. The maximum Gasteiger partial charge on any atom is 0.235 e. The monoisotopic (exact) mass is 175 g/mol. The standard InChI is InChI=1S/C8H17NO3/c1-3-4-5-6-8(10)7(2)9(11)12/h7-8,10H,3-6H2,1-2H3/t7?,8-/m0/s1. The lowest BCUT2D eigenvalue weighted by atomic mass is 10.1. The van der Waals surface area contributed by atoms with Gasteiger partial charge in [-0.2, -0.15) is 0 Å². The first-order valence-corrected chi connectivity index (χ1v) is 4.41. The van der Waals surface area contributed by atoms with Crippen molar-refractivity contribution in [2.24, 2.45) is 0 Å². The van der Waals surface area contributed by atoms with Gasteiger partial charge in [-0.3, -0.25) is 10.1 Å². The molecular weight excluding hydrogens is 158 g/mol. The van der Waals surface area contributed by atoms with Crippen molar-refractivity contribution in [3.8, 4) is 0 Å². The number of hydrogen-bond acceptors (Lipinski definition) is 3. The second-order valence-corrected chi connectivity index (χ2v) is 3.09. The van der Waals surface area contributed by atoms with E-state index in [0.29, 0.717) is 6.42 Å². The van der Waals surface area contributed by atoms with Crippen LogP contribution in [0.15, 0.2) is 0 Å². The number of hydrogen-bond donors (Lipinski definition) is 1. The Kier molecular flexibility index (Phi) is 5.62. The predicted octanol–water partition coefficient (Wildman–Crippen LogP) is 1.59. The Balaban J connectivity index is 3.56. The van der Waals surface area contributed by atoms with E-state index in [4.69, 9.17) is 0 Å². The molecule has 0 saturated carbocycles. The molecule has 0 radical (unpaired) electrons. The Hall–Kier alpha value is -0.640. The van der Waals surface area contributed by atoms with Crippen molar-refractivity contribution in [1.82, 2.24) is 0 Å². The summed E-state index contributed by atoms with van der Waals surface area (Å²) in [5, 5.41) is 19.5. The first-order valence-electron chi connectivity index (χ1n) is 4.41. The third-order valence-electron chi connectivity index (χ3n) is 1.99. The molecule has 0 aromatic carbocycles. The second-order valence-electron chi connectivity index (χ2n) is 3.09. The molecule has 0 saturated heterocycles. The van der Waals surface area contributed by atoms with Crippen molar-refractivity contribution in [1.29, 1.82) is 0 Å². The van der Waals surface area contributed by atoms with Crippen LogP contribution in [0.1, 0.15) is 39.5 Å². The Morgan fingerprint density at radius 3 is 2.50 bits per heavy atom. The molecule has 1 N–H and O–H groups in total. The van der Waals surface area contributed by atoms with Crippen LogP contribution in [-0.4, -0.2) is 22.2 Å². The molecule has 0 spiro atoms. The summed E-state index contributed by atoms with van der Waals surface area (Å²) in [5.74, 6) is 0. The summed E-state index contributed by atoms with van der Waals surface area (Å²) in [6.45, 7) is 3.50. The van der Waals surface area contributed by atoms with Gasteiger partial charge in [-0.05, 0) is 6.42 Å². The fourth-order valence-electron chi connectivity index (χ4n) is 0.985. The van der Waals surface area contributed by atoms with Crippen LogP contribution in [0, 0.1) is 10.1 Å². The van der Waals surface area contributed by atoms with E-state index in [1.807, 2.05) is 0 Å². The lowest BCUT2D eigenvalue weighted by Gasteiger charge is -2.11. The van der Waals surface area contributed by atoms with E-state index in [1.54, 1.807) is 0 Å². The highest BCUT2D eigenvalue weighted by molar-refractivity contribution is 4.62. The van der Waals surface area contributed by atoms with Gasteiger partial charge in [0.1, 0.15) is 6.10 Å². The Morgan fingerprint density at radius 2 is 2.08 bits per heavy atom. The molecule has 0 rings (SSSR count). The smallest absolute Gasteiger partial charge is 0.235 e. The number of unbranched alkanes of at least 4 members (excludes halogenated alkanes) is 2. The van der Waals surface area contributed by atoms with Crippen molar-refractivity contribution in [2.75, 3.05) is 0 Å². The van der Waals surface area contributed by atoms with Crippen molar-refractivity contribution in [3.63, 3.8) is 0 Å². The normalized spacial score (nSPS) is 15.6. The van der Waals surface area contributed by atoms with Crippen LogP contribution in [0.5, 0.6) is 0 Å². The Morgan fingerprint density at radius 1 is 1.50 bits per heavy atom. The topological polar surface area (TPSA) is 63.4 Å². The minimum Gasteiger partial charge on any atom is -0.386 e. The zero-order chi connectivity index (χ0) is 9.56. The zero-order valence-corrected chi connectivity index (χ0v) is 7.69. The van der Waals surface area contributed by atoms with Crippen LogP contribution >= 0.6 is 0 Å². The molecule has 4 heteroatoms. The molecular formula is C8H17NO3. The summed E-state index contributed by atoms with van der Waals surface area (Å²) in [4.78, 5) is 9.79. The lowest BCUT2D eigenvalue weighted by molar-refractivity contribution is -0.530. The van der Waals surface area contributed by atoms with E-state index in [1.165, 1.54) is 6.92 Å². The second kappa shape index (κ2) is 5.94. The van der Waals surface area contributed by atoms with Crippen molar-refractivity contribution in [3.05, 3.63) is 10.1 Å². The summed E-state index contributed by atoms with van der Waals surface area (Å²) in [7, 11) is 0. The average Bonchev–Trinajstić information content (AvgIpc) is 2.03. The molecule has 0 aromatic rings. The van der Waals surface area contributed by atoms with Gasteiger partial charge in [-0.15, -0.1) is 0 Å². The van der Waals surface area contributed by atoms with Gasteiger partial charge in [0.25, 0.3) is 0 Å². The Labute approximate surface area is 72.7 Å². The summed E-state index contributed by atoms with van der Waals surface area (Å²) >= 11 is 0. The molecule has 0 fully saturated rings. The number of aliphatic hydroxyl groups excluding tert-OH is 1. The van der Waals surface area contributed by atoms with E-state index in [9.17, 15) is 15.2 Å². The van der Waals surface area contributed by atoms with Gasteiger partial charge in [0.2, 0.25) is 6.04 Å². The van der Waals surface area contributed by atoms with Gasteiger partial charge >= 0.3 is 0 Å². The van der Waals surface area contributed by atoms with Crippen LogP contribution in [0.3, 0.4) is 0 Å². The summed E-state index contributed by atoms with van der Waals surface area (Å²) in [5.41, 5.74) is 0. The van der Waals surface area contributed by atoms with Crippen molar-refractivity contribution >= 4 is 0 Å². The van der Waals surface area contributed by atoms with Crippen molar-refractivity contribution in [2.45, 2.75) is 51.7 Å². The van der Waals surface area contributed by atoms with E-state index in [0.717, 1.165) is 19.3 Å². The van der Waals surface area contributed by atoms with Gasteiger partial charge < -0.3 is 5.11 Å². The minimum absolute atomic E-state index is 0.434. The molecule has 0 aromatic heterocycles. The molecule has 2 atom stereocenters. The van der Waals surface area contributed by atoms with Gasteiger partial charge in [-0.25, -0.2) is 0 Å². The highest BCUT2D eigenvalue weighted by Crippen LogP contribution is 2.08. The third-order valence-corrected chi connectivity index (χ3v) is 1.99. The molecule has 4 nitrogen and oxygen atoms in total. The van der Waals surface area contributed by atoms with Gasteiger partial charge in [-0.1, -0.05) is 26.2 Å². The summed E-state index contributed by atoms with van der Waals surface area (Å²) < 4.78 is 0. The lowest BCUT2D eigenvalue weighted by Crippen LogP contribution is -2.30. The SMILES string of the molecule is CCCCC[C@H](O)C(C)[N+](=O)[O-]. The molecule has 12 heavy (non-hydrogen) atoms. The molecule has 0 aliphatic carbocycles. The molecule has 72 valence electrons. The fourth-order valence-corrected chi connectivity index (χ4v) is 0.985. The quantitative estimate of drug-likeness (QED) is 0.379. The number of nitrogens with zero attached hydrogens (tertiary/aromatic N) is 1. The number of rotatable bonds is 6. The number of nitro groups is 1. The molecule has 0 heterocycles. The van der Waals surface area contributed by atoms with Crippen LogP contribution in [0.2, 0.25) is 0 Å². The summed E-state index contributed by atoms with van der Waals surface area (Å²) in [6.07, 6.45) is 2.72. The van der Waals surface area contributed by atoms with Gasteiger partial charge in [0.05, 0.1) is 0 Å². The molecule has 0 amide bonds. The van der Waals surface area contributed by atoms with Crippen LogP contribution < -0.4 is 0 Å². The zero-order valence-electron chi connectivity index (χ0n) is 7.69. The third kappa shape index (κ3) is 4.28. The van der Waals surface area contributed by atoms with Crippen molar-refractivity contribution < 1.29 is 10.0 Å². The highest BCUT2D eigenvalue weighted by Gasteiger charge is 2.22. The highest BCUT2D eigenvalue weighted by atomic mass is 16.6. The van der Waals surface area contributed by atoms with Crippen LogP contribution in [0.25, 0.3) is 0 Å². The molecule has 1 unspecified atom stereocenters. The first kappa shape index (κ1) is 11.4. The molecule has 0 bridgehead atoms. The van der Waals surface area contributed by atoms with Crippen LogP contribution in [0.4, 0.5) is 0 Å².